The van der Waals surface area contributed by atoms with Crippen LogP contribution in [0.25, 0.3) is 0 Å². The topological polar surface area (TPSA) is 33.0 Å². The zero-order valence-corrected chi connectivity index (χ0v) is 11.1. The summed E-state index contributed by atoms with van der Waals surface area (Å²) >= 11 is 6.16. The largest absolute Gasteiger partial charge is 0.490 e. The van der Waals surface area contributed by atoms with Crippen molar-refractivity contribution in [3.8, 4) is 11.8 Å². The molecule has 0 N–H and O–H groups in total. The van der Waals surface area contributed by atoms with Gasteiger partial charge in [-0.2, -0.15) is 5.26 Å². The zero-order valence-electron chi connectivity index (χ0n) is 10.4. The van der Waals surface area contributed by atoms with Gasteiger partial charge in [-0.15, -0.1) is 0 Å². The van der Waals surface area contributed by atoms with E-state index in [-0.39, 0.29) is 6.10 Å². The molecule has 0 aliphatic rings. The molecule has 0 aliphatic carbocycles. The average Bonchev–Trinajstić information content (AvgIpc) is 2.31. The number of nitriles is 1. The van der Waals surface area contributed by atoms with Crippen molar-refractivity contribution in [1.82, 2.24) is 0 Å². The Morgan fingerprint density at radius 1 is 1.47 bits per heavy atom. The van der Waals surface area contributed by atoms with Crippen molar-refractivity contribution in [1.29, 1.82) is 5.26 Å². The van der Waals surface area contributed by atoms with Gasteiger partial charge in [0.25, 0.3) is 0 Å². The van der Waals surface area contributed by atoms with Gasteiger partial charge in [-0.25, -0.2) is 0 Å². The Morgan fingerprint density at radius 3 is 2.88 bits per heavy atom. The number of hydrogen-bond donors (Lipinski definition) is 0. The molecule has 0 saturated heterocycles. The minimum Gasteiger partial charge on any atom is -0.490 e. The molecule has 0 amide bonds. The summed E-state index contributed by atoms with van der Waals surface area (Å²) in [5, 5.41) is 9.30. The van der Waals surface area contributed by atoms with E-state index < -0.39 is 0 Å². The number of nitrogens with zero attached hydrogens (tertiary/aromatic N) is 1. The van der Waals surface area contributed by atoms with E-state index in [1.54, 1.807) is 0 Å². The van der Waals surface area contributed by atoms with Gasteiger partial charge in [-0.3, -0.25) is 0 Å². The van der Waals surface area contributed by atoms with E-state index in [0.29, 0.717) is 6.42 Å². The lowest BCUT2D eigenvalue weighted by atomic mass is 10.1. The lowest BCUT2D eigenvalue weighted by Crippen LogP contribution is -2.12. The monoisotopic (exact) mass is 251 g/mol. The van der Waals surface area contributed by atoms with Crippen LogP contribution in [0.4, 0.5) is 0 Å². The third-order valence-corrected chi connectivity index (χ3v) is 2.92. The van der Waals surface area contributed by atoms with E-state index >= 15 is 0 Å². The molecule has 3 heteroatoms. The summed E-state index contributed by atoms with van der Waals surface area (Å²) in [6.07, 6.45) is 3.26. The second-order valence-electron chi connectivity index (χ2n) is 4.09. The molecule has 1 aromatic rings. The van der Waals surface area contributed by atoms with E-state index in [4.69, 9.17) is 21.6 Å². The van der Waals surface area contributed by atoms with Crippen LogP contribution in [0, 0.1) is 11.3 Å². The molecule has 2 nitrogen and oxygen atoms in total. The highest BCUT2D eigenvalue weighted by Gasteiger charge is 2.10. The van der Waals surface area contributed by atoms with Gasteiger partial charge in [0.2, 0.25) is 0 Å². The first-order chi connectivity index (χ1) is 8.19. The molecule has 0 spiro atoms. The second-order valence-corrected chi connectivity index (χ2v) is 4.50. The Balaban J connectivity index is 2.76. The maximum atomic E-state index is 8.54. The number of ether oxygens (including phenoxy) is 1. The molecule has 1 unspecified atom stereocenters. The van der Waals surface area contributed by atoms with Gasteiger partial charge in [0.05, 0.1) is 12.2 Å². The smallest absolute Gasteiger partial charge is 0.124 e. The van der Waals surface area contributed by atoms with Crippen molar-refractivity contribution in [2.24, 2.45) is 0 Å². The maximum Gasteiger partial charge on any atom is 0.124 e. The molecule has 17 heavy (non-hydrogen) atoms. The molecule has 1 atom stereocenters. The van der Waals surface area contributed by atoms with Gasteiger partial charge >= 0.3 is 0 Å². The van der Waals surface area contributed by atoms with Crippen LogP contribution < -0.4 is 4.74 Å². The highest BCUT2D eigenvalue weighted by atomic mass is 35.5. The van der Waals surface area contributed by atoms with Gasteiger partial charge in [0, 0.05) is 17.0 Å². The van der Waals surface area contributed by atoms with Crippen LogP contribution in [0.1, 0.15) is 38.7 Å². The lowest BCUT2D eigenvalue weighted by molar-refractivity contribution is 0.211. The first kappa shape index (κ1) is 13.9. The van der Waals surface area contributed by atoms with Crippen LogP contribution in [-0.4, -0.2) is 6.10 Å². The first-order valence-corrected chi connectivity index (χ1v) is 6.37. The van der Waals surface area contributed by atoms with Crippen LogP contribution in [-0.2, 0) is 6.42 Å². The molecule has 1 rings (SSSR count). The van der Waals surface area contributed by atoms with Crippen molar-refractivity contribution in [2.45, 2.75) is 45.6 Å². The Bertz CT molecular complexity index is 398. The molecule has 92 valence electrons. The van der Waals surface area contributed by atoms with Crippen LogP contribution in [0.5, 0.6) is 5.75 Å². The summed E-state index contributed by atoms with van der Waals surface area (Å²) in [6, 6.07) is 7.86. The van der Waals surface area contributed by atoms with Crippen LogP contribution >= 0.6 is 11.6 Å². The number of hydrogen-bond acceptors (Lipinski definition) is 2. The predicted molar refractivity (Wildman–Crippen MR) is 70.4 cm³/mol. The normalized spacial score (nSPS) is 11.9. The molecule has 0 aliphatic heterocycles. The van der Waals surface area contributed by atoms with Crippen molar-refractivity contribution < 1.29 is 4.74 Å². The molecule has 0 radical (unpaired) electrons. The van der Waals surface area contributed by atoms with Crippen LogP contribution in [0.3, 0.4) is 0 Å². The van der Waals surface area contributed by atoms with Crippen molar-refractivity contribution in [3.63, 3.8) is 0 Å². The molecule has 0 bridgehead atoms. The lowest BCUT2D eigenvalue weighted by Gasteiger charge is -2.17. The minimum absolute atomic E-state index is 0.0451. The molecular formula is C14H18ClNO. The fourth-order valence-corrected chi connectivity index (χ4v) is 1.95. The Hall–Kier alpha value is -1.20. The predicted octanol–water partition coefficient (Wildman–Crippen LogP) is 4.36. The van der Waals surface area contributed by atoms with E-state index in [2.05, 4.69) is 13.0 Å². The number of benzene rings is 1. The number of halogens is 1. The SMILES string of the molecule is CCCc1c(Cl)cccc1OC(C)CCC#N. The summed E-state index contributed by atoms with van der Waals surface area (Å²) in [5.41, 5.74) is 1.07. The third-order valence-electron chi connectivity index (χ3n) is 2.57. The quantitative estimate of drug-likeness (QED) is 0.752. The Labute approximate surface area is 108 Å². The summed E-state index contributed by atoms with van der Waals surface area (Å²) in [4.78, 5) is 0. The standard InChI is InChI=1S/C14H18ClNO/c1-3-6-12-13(15)8-4-9-14(12)17-11(2)7-5-10-16/h4,8-9,11H,3,5-7H2,1-2H3. The fraction of sp³-hybridized carbons (Fsp3) is 0.500. The molecule has 0 saturated carbocycles. The molecular weight excluding hydrogens is 234 g/mol. The van der Waals surface area contributed by atoms with Crippen molar-refractivity contribution in [2.75, 3.05) is 0 Å². The summed E-state index contributed by atoms with van der Waals surface area (Å²) < 4.78 is 5.85. The summed E-state index contributed by atoms with van der Waals surface area (Å²) in [5.74, 6) is 0.852. The van der Waals surface area contributed by atoms with E-state index in [9.17, 15) is 0 Å². The summed E-state index contributed by atoms with van der Waals surface area (Å²) in [6.45, 7) is 4.10. The van der Waals surface area contributed by atoms with Gasteiger partial charge in [-0.05, 0) is 31.9 Å². The van der Waals surface area contributed by atoms with Gasteiger partial charge in [-0.1, -0.05) is 31.0 Å². The van der Waals surface area contributed by atoms with Crippen LogP contribution in [0.15, 0.2) is 18.2 Å². The third kappa shape index (κ3) is 4.28. The van der Waals surface area contributed by atoms with Crippen molar-refractivity contribution in [3.05, 3.63) is 28.8 Å². The van der Waals surface area contributed by atoms with Gasteiger partial charge < -0.3 is 4.74 Å². The summed E-state index contributed by atoms with van der Waals surface area (Å²) in [7, 11) is 0. The maximum absolute atomic E-state index is 8.54. The van der Waals surface area contributed by atoms with E-state index in [1.165, 1.54) is 0 Å². The van der Waals surface area contributed by atoms with Crippen LogP contribution in [0.2, 0.25) is 5.02 Å². The van der Waals surface area contributed by atoms with Gasteiger partial charge in [0.1, 0.15) is 5.75 Å². The molecule has 1 aromatic carbocycles. The van der Waals surface area contributed by atoms with E-state index in [1.807, 2.05) is 25.1 Å². The Morgan fingerprint density at radius 2 is 2.24 bits per heavy atom. The fourth-order valence-electron chi connectivity index (χ4n) is 1.69. The Kier molecular flexibility index (Phi) is 5.86. The van der Waals surface area contributed by atoms with Crippen molar-refractivity contribution >= 4 is 11.6 Å². The highest BCUT2D eigenvalue weighted by Crippen LogP contribution is 2.28. The van der Waals surface area contributed by atoms with E-state index in [0.717, 1.165) is 35.6 Å². The molecule has 0 heterocycles. The molecule has 0 fully saturated rings. The zero-order chi connectivity index (χ0) is 12.7. The second kappa shape index (κ2) is 7.19. The minimum atomic E-state index is 0.0451. The highest BCUT2D eigenvalue weighted by molar-refractivity contribution is 6.31. The van der Waals surface area contributed by atoms with Gasteiger partial charge in [0.15, 0.2) is 0 Å². The average molecular weight is 252 g/mol. The first-order valence-electron chi connectivity index (χ1n) is 6.00. The molecule has 0 aromatic heterocycles. The number of rotatable bonds is 6.